The number of hydrogen-bond acceptors (Lipinski definition) is 5. The Morgan fingerprint density at radius 1 is 0.909 bits per heavy atom. The van der Waals surface area contributed by atoms with Crippen LogP contribution in [0.5, 0.6) is 5.75 Å². The molecule has 4 rings (SSSR count). The molecule has 0 fully saturated rings. The van der Waals surface area contributed by atoms with Gasteiger partial charge in [0.15, 0.2) is 0 Å². The van der Waals surface area contributed by atoms with Gasteiger partial charge in [0.1, 0.15) is 17.6 Å². The monoisotopic (exact) mass is 462 g/mol. The Hall–Kier alpha value is -4.04. The molecular weight excluding hydrogens is 440 g/mol. The molecule has 8 heteroatoms. The van der Waals surface area contributed by atoms with Gasteiger partial charge in [0, 0.05) is 5.56 Å². The number of anilines is 1. The second-order valence-electron chi connectivity index (χ2n) is 7.17. The van der Waals surface area contributed by atoms with E-state index in [0.717, 1.165) is 5.56 Å². The summed E-state index contributed by atoms with van der Waals surface area (Å²) < 4.78 is 39.2. The second-order valence-corrected chi connectivity index (χ2v) is 8.85. The molecule has 2 N–H and O–H groups in total. The number of hydrogen-bond donors (Lipinski definition) is 2. The van der Waals surface area contributed by atoms with Crippen LogP contribution in [-0.2, 0) is 10.0 Å². The lowest BCUT2D eigenvalue weighted by molar-refractivity contribution is 0.0938. The van der Waals surface area contributed by atoms with E-state index in [0.29, 0.717) is 17.2 Å². The Bertz CT molecular complexity index is 1340. The van der Waals surface area contributed by atoms with Gasteiger partial charge in [-0.1, -0.05) is 48.5 Å². The molecule has 33 heavy (non-hydrogen) atoms. The van der Waals surface area contributed by atoms with E-state index in [1.54, 1.807) is 42.5 Å². The van der Waals surface area contributed by atoms with Crippen molar-refractivity contribution in [1.29, 1.82) is 0 Å². The molecule has 1 amide bonds. The Labute approximate surface area is 192 Å². The Morgan fingerprint density at radius 2 is 1.67 bits per heavy atom. The van der Waals surface area contributed by atoms with Crippen LogP contribution < -0.4 is 14.8 Å². The molecule has 0 saturated heterocycles. The van der Waals surface area contributed by atoms with E-state index < -0.39 is 22.0 Å². The summed E-state index contributed by atoms with van der Waals surface area (Å²) in [4.78, 5) is 13.0. The normalized spacial score (nSPS) is 12.0. The van der Waals surface area contributed by atoms with E-state index >= 15 is 0 Å². The Kier molecular flexibility index (Phi) is 6.46. The fourth-order valence-corrected chi connectivity index (χ4v) is 4.49. The minimum atomic E-state index is -3.95. The van der Waals surface area contributed by atoms with Crippen molar-refractivity contribution < 1.29 is 22.4 Å². The van der Waals surface area contributed by atoms with Gasteiger partial charge >= 0.3 is 0 Å². The summed E-state index contributed by atoms with van der Waals surface area (Å²) in [5.74, 6) is 0.518. The quantitative estimate of drug-likeness (QED) is 0.399. The number of carbonyl (C=O) groups excluding carboxylic acids is 1. The molecular formula is C25H22N2O5S. The number of furan rings is 1. The van der Waals surface area contributed by atoms with Gasteiger partial charge in [0.05, 0.1) is 24.0 Å². The van der Waals surface area contributed by atoms with Gasteiger partial charge in [-0.3, -0.25) is 9.52 Å². The zero-order valence-corrected chi connectivity index (χ0v) is 18.6. The van der Waals surface area contributed by atoms with E-state index in [-0.39, 0.29) is 10.5 Å². The zero-order valence-electron chi connectivity index (χ0n) is 17.8. The first-order valence-corrected chi connectivity index (χ1v) is 11.6. The number of ether oxygens (including phenoxy) is 1. The fourth-order valence-electron chi connectivity index (χ4n) is 3.37. The summed E-state index contributed by atoms with van der Waals surface area (Å²) in [6.07, 6.45) is 1.54. The molecule has 0 aliphatic rings. The SMILES string of the molecule is COc1ccccc1NS(=O)(=O)c1cccc(C(=O)NC(c2ccccc2)c2ccco2)c1. The molecule has 3 aromatic carbocycles. The van der Waals surface area contributed by atoms with Crippen LogP contribution in [0.1, 0.15) is 27.7 Å². The van der Waals surface area contributed by atoms with E-state index in [1.165, 1.54) is 31.6 Å². The Morgan fingerprint density at radius 3 is 2.39 bits per heavy atom. The third-order valence-electron chi connectivity index (χ3n) is 4.99. The molecule has 0 bridgehead atoms. The minimum absolute atomic E-state index is 0.0460. The predicted molar refractivity (Wildman–Crippen MR) is 125 cm³/mol. The lowest BCUT2D eigenvalue weighted by Crippen LogP contribution is -2.29. The molecule has 0 spiro atoms. The van der Waals surface area contributed by atoms with Crippen molar-refractivity contribution in [3.8, 4) is 5.75 Å². The predicted octanol–water partition coefficient (Wildman–Crippen LogP) is 4.61. The summed E-state index contributed by atoms with van der Waals surface area (Å²) in [7, 11) is -2.50. The van der Waals surface area contributed by atoms with Crippen LogP contribution in [0.15, 0.2) is 107 Å². The molecule has 1 atom stereocenters. The van der Waals surface area contributed by atoms with E-state index in [9.17, 15) is 13.2 Å². The molecule has 1 aromatic heterocycles. The van der Waals surface area contributed by atoms with Crippen LogP contribution in [0.3, 0.4) is 0 Å². The molecule has 1 heterocycles. The average molecular weight is 463 g/mol. The van der Waals surface area contributed by atoms with Gasteiger partial charge in [-0.2, -0.15) is 0 Å². The number of methoxy groups -OCH3 is 1. The summed E-state index contributed by atoms with van der Waals surface area (Å²) >= 11 is 0. The summed E-state index contributed by atoms with van der Waals surface area (Å²) in [5, 5.41) is 2.93. The van der Waals surface area contributed by atoms with Crippen molar-refractivity contribution in [2.45, 2.75) is 10.9 Å². The smallest absolute Gasteiger partial charge is 0.262 e. The lowest BCUT2D eigenvalue weighted by Gasteiger charge is -2.17. The molecule has 0 aliphatic carbocycles. The number of carbonyl (C=O) groups is 1. The van der Waals surface area contributed by atoms with Gasteiger partial charge in [-0.15, -0.1) is 0 Å². The lowest BCUT2D eigenvalue weighted by atomic mass is 10.0. The van der Waals surface area contributed by atoms with Gasteiger partial charge in [0.2, 0.25) is 0 Å². The average Bonchev–Trinajstić information content (AvgIpc) is 3.38. The highest BCUT2D eigenvalue weighted by Crippen LogP contribution is 2.27. The fraction of sp³-hybridized carbons (Fsp3) is 0.0800. The molecule has 0 saturated carbocycles. The first-order chi connectivity index (χ1) is 16.0. The minimum Gasteiger partial charge on any atom is -0.495 e. The number of sulfonamides is 1. The topological polar surface area (TPSA) is 97.6 Å². The number of nitrogens with one attached hydrogen (secondary N) is 2. The highest BCUT2D eigenvalue weighted by Gasteiger charge is 2.22. The molecule has 0 radical (unpaired) electrons. The first-order valence-electron chi connectivity index (χ1n) is 10.1. The number of amides is 1. The largest absolute Gasteiger partial charge is 0.495 e. The summed E-state index contributed by atoms with van der Waals surface area (Å²) in [6, 6.07) is 24.9. The van der Waals surface area contributed by atoms with Crippen molar-refractivity contribution in [3.05, 3.63) is 114 Å². The van der Waals surface area contributed by atoms with Crippen molar-refractivity contribution in [3.63, 3.8) is 0 Å². The molecule has 168 valence electrons. The highest BCUT2D eigenvalue weighted by atomic mass is 32.2. The Balaban J connectivity index is 1.59. The van der Waals surface area contributed by atoms with Crippen LogP contribution in [0, 0.1) is 0 Å². The highest BCUT2D eigenvalue weighted by molar-refractivity contribution is 7.92. The first kappa shape index (κ1) is 22.2. The third kappa shape index (κ3) is 5.07. The van der Waals surface area contributed by atoms with Gasteiger partial charge < -0.3 is 14.5 Å². The number of benzene rings is 3. The van der Waals surface area contributed by atoms with Crippen molar-refractivity contribution >= 4 is 21.6 Å². The standard InChI is InChI=1S/C25H22N2O5S/c1-31-22-14-6-5-13-21(22)27-33(29,30)20-12-7-11-19(17-20)25(28)26-24(23-15-8-16-32-23)18-9-3-2-4-10-18/h2-17,24,27H,1H3,(H,26,28). The number of para-hydroxylation sites is 2. The van der Waals surface area contributed by atoms with Gasteiger partial charge in [-0.25, -0.2) is 8.42 Å². The van der Waals surface area contributed by atoms with Crippen LogP contribution in [-0.4, -0.2) is 21.4 Å². The summed E-state index contributed by atoms with van der Waals surface area (Å²) in [6.45, 7) is 0. The zero-order chi connectivity index (χ0) is 23.3. The molecule has 1 unspecified atom stereocenters. The molecule has 4 aromatic rings. The van der Waals surface area contributed by atoms with Crippen LogP contribution in [0.25, 0.3) is 0 Å². The molecule has 7 nitrogen and oxygen atoms in total. The van der Waals surface area contributed by atoms with Gasteiger partial charge in [0.25, 0.3) is 15.9 Å². The molecule has 0 aliphatic heterocycles. The number of rotatable bonds is 8. The maximum Gasteiger partial charge on any atom is 0.262 e. The van der Waals surface area contributed by atoms with Crippen LogP contribution in [0.2, 0.25) is 0 Å². The third-order valence-corrected chi connectivity index (χ3v) is 6.36. The van der Waals surface area contributed by atoms with Crippen molar-refractivity contribution in [1.82, 2.24) is 5.32 Å². The summed E-state index contributed by atoms with van der Waals surface area (Å²) in [5.41, 5.74) is 1.34. The van der Waals surface area contributed by atoms with E-state index in [1.807, 2.05) is 30.3 Å². The van der Waals surface area contributed by atoms with Crippen LogP contribution >= 0.6 is 0 Å². The van der Waals surface area contributed by atoms with Crippen LogP contribution in [0.4, 0.5) is 5.69 Å². The van der Waals surface area contributed by atoms with E-state index in [2.05, 4.69) is 10.0 Å². The van der Waals surface area contributed by atoms with Crippen molar-refractivity contribution in [2.24, 2.45) is 0 Å². The van der Waals surface area contributed by atoms with E-state index in [4.69, 9.17) is 9.15 Å². The van der Waals surface area contributed by atoms with Crippen molar-refractivity contribution in [2.75, 3.05) is 11.8 Å². The van der Waals surface area contributed by atoms with Gasteiger partial charge in [-0.05, 0) is 48.0 Å². The maximum absolute atomic E-state index is 13.1. The maximum atomic E-state index is 13.1. The second kappa shape index (κ2) is 9.62.